The van der Waals surface area contributed by atoms with E-state index in [0.29, 0.717) is 23.4 Å². The van der Waals surface area contributed by atoms with Crippen molar-refractivity contribution in [3.63, 3.8) is 0 Å². The van der Waals surface area contributed by atoms with E-state index in [1.54, 1.807) is 31.2 Å². The van der Waals surface area contributed by atoms with Crippen molar-refractivity contribution in [2.24, 2.45) is 0 Å². The number of fused-ring (bicyclic) bond motifs is 1. The minimum absolute atomic E-state index is 0.0597. The number of benzene rings is 3. The maximum absolute atomic E-state index is 12.9. The van der Waals surface area contributed by atoms with Gasteiger partial charge >= 0.3 is 0 Å². The molecule has 182 valence electrons. The third-order valence-electron chi connectivity index (χ3n) is 6.14. The smallest absolute Gasteiger partial charge is 0.251 e. The molecule has 0 aliphatic carbocycles. The molecule has 0 aliphatic heterocycles. The summed E-state index contributed by atoms with van der Waals surface area (Å²) in [6.07, 6.45) is 0.706. The number of sulfone groups is 1. The molecule has 0 bridgehead atoms. The molecule has 35 heavy (non-hydrogen) atoms. The maximum atomic E-state index is 12.9. The summed E-state index contributed by atoms with van der Waals surface area (Å²) in [5, 5.41) is 4.68. The molecule has 0 radical (unpaired) electrons. The van der Waals surface area contributed by atoms with Gasteiger partial charge in [0, 0.05) is 46.2 Å². The Bertz CT molecular complexity index is 1470. The Morgan fingerprint density at radius 1 is 1.00 bits per heavy atom. The van der Waals surface area contributed by atoms with Crippen LogP contribution in [-0.2, 0) is 22.8 Å². The molecule has 4 rings (SSSR count). The number of hydrogen-bond acceptors (Lipinski definition) is 3. The summed E-state index contributed by atoms with van der Waals surface area (Å²) in [5.74, 6) is -0.119. The number of hydrogen-bond donors (Lipinski definition) is 1. The molecule has 4 aromatic rings. The van der Waals surface area contributed by atoms with Crippen LogP contribution in [0, 0.1) is 0 Å². The first-order valence-electron chi connectivity index (χ1n) is 11.7. The highest BCUT2D eigenvalue weighted by molar-refractivity contribution is 7.91. The molecule has 0 unspecified atom stereocenters. The van der Waals surface area contributed by atoms with E-state index in [-0.39, 0.29) is 17.7 Å². The van der Waals surface area contributed by atoms with Crippen molar-refractivity contribution in [2.75, 3.05) is 5.75 Å². The van der Waals surface area contributed by atoms with Gasteiger partial charge in [0.2, 0.25) is 0 Å². The van der Waals surface area contributed by atoms with E-state index >= 15 is 0 Å². The average Bonchev–Trinajstić information content (AvgIpc) is 3.21. The predicted octanol–water partition coefficient (Wildman–Crippen LogP) is 6.19. The summed E-state index contributed by atoms with van der Waals surface area (Å²) >= 11 is 6.40. The van der Waals surface area contributed by atoms with Crippen LogP contribution in [0.5, 0.6) is 0 Å². The van der Waals surface area contributed by atoms with Crippen LogP contribution in [0.4, 0.5) is 0 Å². The third kappa shape index (κ3) is 5.44. The van der Waals surface area contributed by atoms with Gasteiger partial charge in [0.15, 0.2) is 9.84 Å². The van der Waals surface area contributed by atoms with Crippen molar-refractivity contribution < 1.29 is 13.2 Å². The second-order valence-corrected chi connectivity index (χ2v) is 11.6. The number of amides is 1. The fourth-order valence-electron chi connectivity index (χ4n) is 4.28. The third-order valence-corrected chi connectivity index (χ3v) is 8.26. The Balaban J connectivity index is 1.54. The van der Waals surface area contributed by atoms with E-state index in [4.69, 9.17) is 11.6 Å². The highest BCUT2D eigenvalue weighted by Gasteiger charge is 2.16. The molecule has 0 atom stereocenters. The van der Waals surface area contributed by atoms with Gasteiger partial charge in [0.1, 0.15) is 0 Å². The number of halogens is 1. The summed E-state index contributed by atoms with van der Waals surface area (Å²) < 4.78 is 26.2. The Kier molecular flexibility index (Phi) is 7.33. The van der Waals surface area contributed by atoms with Crippen LogP contribution in [0.3, 0.4) is 0 Å². The standard InChI is InChI=1S/C28H29ClN2O3S/c1-4-35(33,34)25-12-9-20(10-13-25)18-30-28(32)22-11-14-27-23(15-22)17-24(31(27)19(2)3)16-21-7-5-6-8-26(21)29/h5-15,17,19H,4,16,18H2,1-3H3,(H,30,32). The van der Waals surface area contributed by atoms with Gasteiger partial charge in [0.05, 0.1) is 10.6 Å². The zero-order chi connectivity index (χ0) is 25.2. The van der Waals surface area contributed by atoms with Crippen LogP contribution >= 0.6 is 11.6 Å². The van der Waals surface area contributed by atoms with Crippen LogP contribution in [-0.4, -0.2) is 24.6 Å². The van der Waals surface area contributed by atoms with Crippen LogP contribution in [0.1, 0.15) is 54.0 Å². The molecule has 1 amide bonds. The fraction of sp³-hybridized carbons (Fsp3) is 0.250. The zero-order valence-corrected chi connectivity index (χ0v) is 21.7. The lowest BCUT2D eigenvalue weighted by Crippen LogP contribution is -2.22. The molecule has 7 heteroatoms. The van der Waals surface area contributed by atoms with Crippen LogP contribution < -0.4 is 5.32 Å². The molecule has 0 saturated carbocycles. The molecule has 5 nitrogen and oxygen atoms in total. The highest BCUT2D eigenvalue weighted by atomic mass is 35.5. The lowest BCUT2D eigenvalue weighted by atomic mass is 10.1. The van der Waals surface area contributed by atoms with Crippen molar-refractivity contribution in [3.8, 4) is 0 Å². The number of carbonyl (C=O) groups is 1. The lowest BCUT2D eigenvalue weighted by molar-refractivity contribution is 0.0951. The first kappa shape index (κ1) is 25.0. The summed E-state index contributed by atoms with van der Waals surface area (Å²) in [6.45, 7) is 6.23. The Morgan fingerprint density at radius 2 is 1.71 bits per heavy atom. The van der Waals surface area contributed by atoms with Crippen molar-refractivity contribution >= 4 is 38.2 Å². The fourth-order valence-corrected chi connectivity index (χ4v) is 5.37. The summed E-state index contributed by atoms with van der Waals surface area (Å²) in [7, 11) is -3.24. The molecule has 0 saturated heterocycles. The summed E-state index contributed by atoms with van der Waals surface area (Å²) in [6, 6.07) is 22.6. The van der Waals surface area contributed by atoms with E-state index in [1.165, 1.54) is 0 Å². The number of nitrogens with one attached hydrogen (secondary N) is 1. The molecule has 3 aromatic carbocycles. The minimum Gasteiger partial charge on any atom is -0.348 e. The van der Waals surface area contributed by atoms with Gasteiger partial charge in [-0.15, -0.1) is 0 Å². The van der Waals surface area contributed by atoms with Crippen LogP contribution in [0.25, 0.3) is 10.9 Å². The van der Waals surface area contributed by atoms with Gasteiger partial charge in [-0.2, -0.15) is 0 Å². The topological polar surface area (TPSA) is 68.2 Å². The van der Waals surface area contributed by atoms with E-state index in [2.05, 4.69) is 29.8 Å². The van der Waals surface area contributed by atoms with E-state index in [9.17, 15) is 13.2 Å². The monoisotopic (exact) mass is 508 g/mol. The van der Waals surface area contributed by atoms with Crippen molar-refractivity contribution in [2.45, 2.75) is 44.7 Å². The van der Waals surface area contributed by atoms with Gasteiger partial charge in [0.25, 0.3) is 5.91 Å². The summed E-state index contributed by atoms with van der Waals surface area (Å²) in [4.78, 5) is 13.2. The Morgan fingerprint density at radius 3 is 2.37 bits per heavy atom. The van der Waals surface area contributed by atoms with Gasteiger partial charge < -0.3 is 9.88 Å². The van der Waals surface area contributed by atoms with Gasteiger partial charge in [-0.1, -0.05) is 48.9 Å². The molecule has 0 aliphatic rings. The number of nitrogens with zero attached hydrogens (tertiary/aromatic N) is 1. The van der Waals surface area contributed by atoms with Gasteiger partial charge in [-0.3, -0.25) is 4.79 Å². The summed E-state index contributed by atoms with van der Waals surface area (Å²) in [5.41, 5.74) is 4.69. The quantitative estimate of drug-likeness (QED) is 0.308. The second kappa shape index (κ2) is 10.3. The predicted molar refractivity (Wildman–Crippen MR) is 142 cm³/mol. The molecule has 0 fully saturated rings. The largest absolute Gasteiger partial charge is 0.348 e. The van der Waals surface area contributed by atoms with Crippen molar-refractivity contribution in [1.29, 1.82) is 0 Å². The van der Waals surface area contributed by atoms with Crippen LogP contribution in [0.15, 0.2) is 77.7 Å². The maximum Gasteiger partial charge on any atom is 0.251 e. The zero-order valence-electron chi connectivity index (χ0n) is 20.1. The number of rotatable bonds is 8. The first-order valence-corrected chi connectivity index (χ1v) is 13.7. The minimum atomic E-state index is -3.24. The first-order chi connectivity index (χ1) is 16.7. The molecule has 0 spiro atoms. The SMILES string of the molecule is CCS(=O)(=O)c1ccc(CNC(=O)c2ccc3c(c2)cc(Cc2ccccc2Cl)n3C(C)C)cc1. The molecular formula is C28H29ClN2O3S. The molecular weight excluding hydrogens is 480 g/mol. The van der Waals surface area contributed by atoms with Gasteiger partial charge in [-0.25, -0.2) is 8.42 Å². The molecule has 1 aromatic heterocycles. The second-order valence-electron chi connectivity index (χ2n) is 8.87. The number of aromatic nitrogens is 1. The van der Waals surface area contributed by atoms with Crippen molar-refractivity contribution in [3.05, 3.63) is 100 Å². The normalized spacial score (nSPS) is 11.8. The Labute approximate surface area is 211 Å². The Hall–Kier alpha value is -3.09. The van der Waals surface area contributed by atoms with Crippen molar-refractivity contribution in [1.82, 2.24) is 9.88 Å². The van der Waals surface area contributed by atoms with Crippen LogP contribution in [0.2, 0.25) is 5.02 Å². The molecule has 1 heterocycles. The lowest BCUT2D eigenvalue weighted by Gasteiger charge is -2.15. The highest BCUT2D eigenvalue weighted by Crippen LogP contribution is 2.28. The molecule has 1 N–H and O–H groups in total. The number of carbonyl (C=O) groups excluding carboxylic acids is 1. The van der Waals surface area contributed by atoms with E-state index < -0.39 is 9.84 Å². The van der Waals surface area contributed by atoms with E-state index in [0.717, 1.165) is 32.7 Å². The van der Waals surface area contributed by atoms with Gasteiger partial charge in [-0.05, 0) is 67.4 Å². The average molecular weight is 509 g/mol. The van der Waals surface area contributed by atoms with E-state index in [1.807, 2.05) is 42.5 Å².